The summed E-state index contributed by atoms with van der Waals surface area (Å²) in [7, 11) is 0. The normalized spacial score (nSPS) is 12.5. The molecule has 0 unspecified atom stereocenters. The van der Waals surface area contributed by atoms with E-state index in [4.69, 9.17) is 14.0 Å². The molecule has 3 nitrogen and oxygen atoms in total. The quantitative estimate of drug-likeness (QED) is 0.311. The first-order valence-electron chi connectivity index (χ1n) is 6.43. The van der Waals surface area contributed by atoms with Gasteiger partial charge < -0.3 is 0 Å². The predicted octanol–water partition coefficient (Wildman–Crippen LogP) is 4.19. The fraction of sp³-hybridized carbons (Fsp3) is 0.412. The zero-order chi connectivity index (χ0) is 16.1. The van der Waals surface area contributed by atoms with Crippen molar-refractivity contribution in [1.29, 1.82) is 0 Å². The largest absolute Gasteiger partial charge is 0 e. The third kappa shape index (κ3) is 25.0. The zero-order valence-corrected chi connectivity index (χ0v) is 15.0. The van der Waals surface area contributed by atoms with E-state index >= 15 is 0 Å². The summed E-state index contributed by atoms with van der Waals surface area (Å²) in [5.41, 5.74) is 0. The van der Waals surface area contributed by atoms with Crippen LogP contribution in [0.25, 0.3) is 0 Å². The number of rotatable bonds is 7. The van der Waals surface area contributed by atoms with Gasteiger partial charge in [-0.1, -0.05) is 44.8 Å². The molecule has 0 aliphatic heterocycles. The maximum absolute atomic E-state index is 7.50. The van der Waals surface area contributed by atoms with Crippen LogP contribution in [0.5, 0.6) is 0 Å². The van der Waals surface area contributed by atoms with Crippen LogP contribution in [0.15, 0.2) is 12.2 Å². The standard InChI is InChI=1S/C14H21.3CO.Re/c1-2-3-4-5-6-7-8-11-14-12-9-10-13-14;3*1-2;/h8-13H,2-7H2,1H3;;;;/b11-8+;;;;. The Morgan fingerprint density at radius 3 is 1.81 bits per heavy atom. The van der Waals surface area contributed by atoms with Gasteiger partial charge in [-0.3, -0.25) is 0 Å². The molecule has 1 aliphatic rings. The molecule has 0 amide bonds. The smallest absolute Gasteiger partial charge is 0 e. The average Bonchev–Trinajstić information content (AvgIpc) is 3.06. The summed E-state index contributed by atoms with van der Waals surface area (Å²) in [6.07, 6.45) is 21.1. The first-order valence-corrected chi connectivity index (χ1v) is 6.43. The van der Waals surface area contributed by atoms with Gasteiger partial charge in [-0.05, 0) is 38.5 Å². The Labute approximate surface area is 143 Å². The summed E-state index contributed by atoms with van der Waals surface area (Å²) >= 11 is 0. The summed E-state index contributed by atoms with van der Waals surface area (Å²) < 4.78 is 22.5. The molecule has 0 atom stereocenters. The molecule has 0 bridgehead atoms. The third-order valence-corrected chi connectivity index (χ3v) is 2.47. The van der Waals surface area contributed by atoms with Gasteiger partial charge >= 0.3 is 33.9 Å². The summed E-state index contributed by atoms with van der Waals surface area (Å²) in [5, 5.41) is 0. The molecule has 0 spiro atoms. The second kappa shape index (κ2) is 31.8. The topological polar surface area (TPSA) is 59.7 Å². The monoisotopic (exact) mass is 460 g/mol. The van der Waals surface area contributed by atoms with Gasteiger partial charge in [0, 0.05) is 26.3 Å². The van der Waals surface area contributed by atoms with E-state index in [1.807, 2.05) is 0 Å². The number of allylic oxidation sites excluding steroid dienone is 2. The summed E-state index contributed by atoms with van der Waals surface area (Å²) in [4.78, 5) is 0. The van der Waals surface area contributed by atoms with Crippen LogP contribution >= 0.6 is 0 Å². The van der Waals surface area contributed by atoms with Crippen molar-refractivity contribution >= 4 is 0 Å². The van der Waals surface area contributed by atoms with Crippen molar-refractivity contribution in [3.05, 3.63) is 63.7 Å². The van der Waals surface area contributed by atoms with Crippen LogP contribution in [-0.4, -0.2) is 0 Å². The minimum Gasteiger partial charge on any atom is 0 e. The fourth-order valence-corrected chi connectivity index (χ4v) is 1.59. The molecule has 0 saturated heterocycles. The van der Waals surface area contributed by atoms with E-state index in [-0.39, 0.29) is 20.4 Å². The third-order valence-electron chi connectivity index (χ3n) is 2.47. The molecule has 1 saturated carbocycles. The molecule has 1 aliphatic carbocycles. The molecule has 4 heteroatoms. The average molecular weight is 460 g/mol. The van der Waals surface area contributed by atoms with Gasteiger partial charge in [0.15, 0.2) is 0 Å². The predicted molar refractivity (Wildman–Crippen MR) is 74.7 cm³/mol. The van der Waals surface area contributed by atoms with Crippen LogP contribution in [-0.2, 0) is 34.4 Å². The molecule has 0 aromatic heterocycles. The van der Waals surface area contributed by atoms with Crippen LogP contribution in [0.1, 0.15) is 45.4 Å². The molecule has 0 aromatic carbocycles. The zero-order valence-electron chi connectivity index (χ0n) is 12.3. The molecule has 0 aromatic rings. The van der Waals surface area contributed by atoms with Gasteiger partial charge in [-0.15, -0.1) is 0 Å². The number of hydrogen-bond acceptors (Lipinski definition) is 0. The molecule has 0 heterocycles. The van der Waals surface area contributed by atoms with Crippen LogP contribution in [0.3, 0.4) is 0 Å². The van der Waals surface area contributed by atoms with E-state index in [0.29, 0.717) is 0 Å². The maximum atomic E-state index is 7.50. The van der Waals surface area contributed by atoms with Crippen molar-refractivity contribution in [2.24, 2.45) is 0 Å². The summed E-state index contributed by atoms with van der Waals surface area (Å²) in [5.74, 6) is 1.33. The van der Waals surface area contributed by atoms with Crippen LogP contribution < -0.4 is 0 Å². The Balaban J connectivity index is -0.000000183. The van der Waals surface area contributed by atoms with Crippen molar-refractivity contribution in [3.63, 3.8) is 0 Å². The van der Waals surface area contributed by atoms with Crippen LogP contribution in [0.4, 0.5) is 0 Å². The van der Waals surface area contributed by atoms with E-state index in [1.54, 1.807) is 0 Å². The summed E-state index contributed by atoms with van der Waals surface area (Å²) in [6.45, 7) is 15.8. The first-order chi connectivity index (χ1) is 9.93. The molecule has 6 radical (unpaired) electrons. The summed E-state index contributed by atoms with van der Waals surface area (Å²) in [6, 6.07) is 0. The minimum absolute atomic E-state index is 0. The first kappa shape index (κ1) is 28.7. The molecular formula is C17H21O3Re. The molecule has 1 fully saturated rings. The minimum atomic E-state index is 0. The van der Waals surface area contributed by atoms with E-state index in [0.717, 1.165) is 0 Å². The van der Waals surface area contributed by atoms with E-state index in [9.17, 15) is 0 Å². The van der Waals surface area contributed by atoms with Crippen LogP contribution in [0.2, 0.25) is 0 Å². The van der Waals surface area contributed by atoms with Crippen molar-refractivity contribution in [2.75, 3.05) is 0 Å². The Morgan fingerprint density at radius 1 is 0.857 bits per heavy atom. The molecule has 21 heavy (non-hydrogen) atoms. The van der Waals surface area contributed by atoms with Crippen molar-refractivity contribution < 1.29 is 34.4 Å². The Kier molecular flexibility index (Phi) is 43.6. The van der Waals surface area contributed by atoms with E-state index in [1.165, 1.54) is 44.4 Å². The van der Waals surface area contributed by atoms with Crippen LogP contribution in [0, 0.1) is 51.6 Å². The van der Waals surface area contributed by atoms with E-state index in [2.05, 4.69) is 64.7 Å². The number of unbranched alkanes of at least 4 members (excludes halogenated alkanes) is 5. The van der Waals surface area contributed by atoms with E-state index < -0.39 is 0 Å². The van der Waals surface area contributed by atoms with Gasteiger partial charge in [0.2, 0.25) is 0 Å². The Bertz CT molecular complexity index is 236. The maximum Gasteiger partial charge on any atom is 0 e. The second-order valence-electron chi connectivity index (χ2n) is 3.82. The SMILES string of the molecule is CCCCCCC/C=C/[C]1[CH][CH][CH][CH]1.[C-]#[O+].[C-]#[O+].[C-]#[O+].[Re]. The van der Waals surface area contributed by atoms with Crippen molar-refractivity contribution in [2.45, 2.75) is 45.4 Å². The molecular weight excluding hydrogens is 438 g/mol. The van der Waals surface area contributed by atoms with Gasteiger partial charge in [0.1, 0.15) is 0 Å². The Hall–Kier alpha value is -0.378. The molecule has 114 valence electrons. The van der Waals surface area contributed by atoms with Crippen molar-refractivity contribution in [1.82, 2.24) is 0 Å². The Morgan fingerprint density at radius 2 is 1.33 bits per heavy atom. The van der Waals surface area contributed by atoms with Gasteiger partial charge in [-0.25, -0.2) is 0 Å². The molecule has 1 rings (SSSR count). The molecule has 0 N–H and O–H groups in total. The van der Waals surface area contributed by atoms with Gasteiger partial charge in [-0.2, -0.15) is 0 Å². The second-order valence-corrected chi connectivity index (χ2v) is 3.82. The number of hydrogen-bond donors (Lipinski definition) is 0. The van der Waals surface area contributed by atoms with Gasteiger partial charge in [0.05, 0.1) is 0 Å². The van der Waals surface area contributed by atoms with Crippen molar-refractivity contribution in [3.8, 4) is 0 Å². The van der Waals surface area contributed by atoms with Gasteiger partial charge in [0.25, 0.3) is 0 Å². The fourth-order valence-electron chi connectivity index (χ4n) is 1.59.